The minimum Gasteiger partial charge on any atom is -0.380 e. The average Bonchev–Trinajstić information content (AvgIpc) is 2.61. The Morgan fingerprint density at radius 3 is 2.60 bits per heavy atom. The highest BCUT2D eigenvalue weighted by Gasteiger charge is 2.08. The Labute approximate surface area is 155 Å². The van der Waals surface area contributed by atoms with E-state index >= 15 is 0 Å². The maximum absolute atomic E-state index is 12.3. The molecule has 0 aliphatic carbocycles. The molecule has 0 radical (unpaired) electrons. The average molecular weight is 396 g/mol. The standard InChI is InChI=1S/C20H18BrN3O/c1-14-5-2-3-6-15(14)12-22-18-9-10-19(23-13-18)20(25)24-17-8-4-7-16(21)11-17/h2-11,13,22H,12H2,1H3,(H,24,25). The summed E-state index contributed by atoms with van der Waals surface area (Å²) in [7, 11) is 0. The normalized spacial score (nSPS) is 10.3. The monoisotopic (exact) mass is 395 g/mol. The molecule has 5 heteroatoms. The fraction of sp³-hybridized carbons (Fsp3) is 0.100. The number of anilines is 2. The molecule has 0 aliphatic rings. The Morgan fingerprint density at radius 2 is 1.88 bits per heavy atom. The molecule has 2 N–H and O–H groups in total. The van der Waals surface area contributed by atoms with Crippen LogP contribution >= 0.6 is 15.9 Å². The maximum atomic E-state index is 12.3. The summed E-state index contributed by atoms with van der Waals surface area (Å²) in [5.74, 6) is -0.233. The van der Waals surface area contributed by atoms with Gasteiger partial charge in [0.2, 0.25) is 0 Å². The first-order valence-electron chi connectivity index (χ1n) is 7.93. The van der Waals surface area contributed by atoms with Crippen molar-refractivity contribution in [1.29, 1.82) is 0 Å². The molecule has 0 spiro atoms. The van der Waals surface area contributed by atoms with Crippen LogP contribution in [-0.4, -0.2) is 10.9 Å². The van der Waals surface area contributed by atoms with Gasteiger partial charge in [0.05, 0.1) is 11.9 Å². The second kappa shape index (κ2) is 7.94. The number of hydrogen-bond donors (Lipinski definition) is 2. The van der Waals surface area contributed by atoms with Crippen molar-refractivity contribution in [2.24, 2.45) is 0 Å². The lowest BCUT2D eigenvalue weighted by molar-refractivity contribution is 0.102. The highest BCUT2D eigenvalue weighted by molar-refractivity contribution is 9.10. The van der Waals surface area contributed by atoms with Crippen molar-refractivity contribution in [1.82, 2.24) is 4.98 Å². The van der Waals surface area contributed by atoms with Crippen molar-refractivity contribution >= 4 is 33.2 Å². The van der Waals surface area contributed by atoms with Gasteiger partial charge in [-0.15, -0.1) is 0 Å². The summed E-state index contributed by atoms with van der Waals surface area (Å²) in [6.07, 6.45) is 1.67. The number of aryl methyl sites for hydroxylation is 1. The van der Waals surface area contributed by atoms with Crippen molar-refractivity contribution in [3.8, 4) is 0 Å². The number of aromatic nitrogens is 1. The van der Waals surface area contributed by atoms with Gasteiger partial charge in [-0.1, -0.05) is 46.3 Å². The van der Waals surface area contributed by atoms with Crippen molar-refractivity contribution in [2.45, 2.75) is 13.5 Å². The predicted molar refractivity (Wildman–Crippen MR) is 105 cm³/mol. The largest absolute Gasteiger partial charge is 0.380 e. The molecule has 0 saturated heterocycles. The Bertz CT molecular complexity index is 878. The number of nitrogens with one attached hydrogen (secondary N) is 2. The summed E-state index contributed by atoms with van der Waals surface area (Å²) in [6.45, 7) is 2.81. The number of pyridine rings is 1. The van der Waals surface area contributed by atoms with Crippen LogP contribution in [-0.2, 0) is 6.54 Å². The number of amides is 1. The van der Waals surface area contributed by atoms with Crippen LogP contribution in [0.3, 0.4) is 0 Å². The molecule has 25 heavy (non-hydrogen) atoms. The van der Waals surface area contributed by atoms with E-state index in [1.54, 1.807) is 12.3 Å². The van der Waals surface area contributed by atoms with Gasteiger partial charge in [0.15, 0.2) is 0 Å². The molecule has 0 aliphatic heterocycles. The summed E-state index contributed by atoms with van der Waals surface area (Å²) in [5, 5.41) is 6.16. The smallest absolute Gasteiger partial charge is 0.274 e. The minimum atomic E-state index is -0.233. The van der Waals surface area contributed by atoms with Gasteiger partial charge in [-0.25, -0.2) is 4.98 Å². The minimum absolute atomic E-state index is 0.233. The van der Waals surface area contributed by atoms with E-state index in [1.807, 2.05) is 42.5 Å². The van der Waals surface area contributed by atoms with Gasteiger partial charge in [0.25, 0.3) is 5.91 Å². The Balaban J connectivity index is 1.61. The second-order valence-electron chi connectivity index (χ2n) is 5.68. The van der Waals surface area contributed by atoms with Crippen LogP contribution in [0, 0.1) is 6.92 Å². The molecule has 0 bridgehead atoms. The Morgan fingerprint density at radius 1 is 1.04 bits per heavy atom. The molecule has 2 aromatic carbocycles. The molecule has 126 valence electrons. The fourth-order valence-electron chi connectivity index (χ4n) is 2.40. The highest BCUT2D eigenvalue weighted by atomic mass is 79.9. The second-order valence-corrected chi connectivity index (χ2v) is 6.59. The lowest BCUT2D eigenvalue weighted by Gasteiger charge is -2.09. The zero-order valence-corrected chi connectivity index (χ0v) is 15.4. The van der Waals surface area contributed by atoms with E-state index in [9.17, 15) is 4.79 Å². The lowest BCUT2D eigenvalue weighted by Crippen LogP contribution is -2.13. The van der Waals surface area contributed by atoms with Gasteiger partial charge in [-0.2, -0.15) is 0 Å². The van der Waals surface area contributed by atoms with E-state index in [-0.39, 0.29) is 5.91 Å². The van der Waals surface area contributed by atoms with E-state index in [0.717, 1.165) is 22.4 Å². The fourth-order valence-corrected chi connectivity index (χ4v) is 2.80. The van der Waals surface area contributed by atoms with Crippen molar-refractivity contribution in [3.63, 3.8) is 0 Å². The van der Waals surface area contributed by atoms with Crippen molar-refractivity contribution in [2.75, 3.05) is 10.6 Å². The van der Waals surface area contributed by atoms with Crippen molar-refractivity contribution in [3.05, 3.63) is 88.2 Å². The van der Waals surface area contributed by atoms with E-state index < -0.39 is 0 Å². The predicted octanol–water partition coefficient (Wildman–Crippen LogP) is 5.02. The zero-order valence-electron chi connectivity index (χ0n) is 13.8. The van der Waals surface area contributed by atoms with Crippen LogP contribution in [0.25, 0.3) is 0 Å². The molecule has 0 atom stereocenters. The first kappa shape index (κ1) is 17.2. The quantitative estimate of drug-likeness (QED) is 0.637. The number of carbonyl (C=O) groups excluding carboxylic acids is 1. The number of hydrogen-bond acceptors (Lipinski definition) is 3. The van der Waals surface area contributed by atoms with Gasteiger partial charge in [0, 0.05) is 16.7 Å². The van der Waals surface area contributed by atoms with E-state index in [2.05, 4.69) is 50.6 Å². The topological polar surface area (TPSA) is 54.0 Å². The molecule has 0 saturated carbocycles. The van der Waals surface area contributed by atoms with Crippen LogP contribution in [0.2, 0.25) is 0 Å². The first-order valence-corrected chi connectivity index (χ1v) is 8.72. The third kappa shape index (κ3) is 4.67. The number of carbonyl (C=O) groups is 1. The lowest BCUT2D eigenvalue weighted by atomic mass is 10.1. The summed E-state index contributed by atoms with van der Waals surface area (Å²) in [4.78, 5) is 16.5. The summed E-state index contributed by atoms with van der Waals surface area (Å²) >= 11 is 3.38. The molecule has 1 amide bonds. The third-order valence-electron chi connectivity index (χ3n) is 3.82. The molecule has 0 unspecified atom stereocenters. The van der Waals surface area contributed by atoms with Gasteiger partial charge < -0.3 is 10.6 Å². The molecular weight excluding hydrogens is 378 g/mol. The molecule has 1 heterocycles. The number of rotatable bonds is 5. The van der Waals surface area contributed by atoms with Gasteiger partial charge in [-0.3, -0.25) is 4.79 Å². The Kier molecular flexibility index (Phi) is 5.46. The van der Waals surface area contributed by atoms with Crippen LogP contribution < -0.4 is 10.6 Å². The van der Waals surface area contributed by atoms with Crippen LogP contribution in [0.15, 0.2) is 71.3 Å². The highest BCUT2D eigenvalue weighted by Crippen LogP contribution is 2.17. The van der Waals surface area contributed by atoms with E-state index in [4.69, 9.17) is 0 Å². The number of nitrogens with zero attached hydrogens (tertiary/aromatic N) is 1. The molecule has 0 fully saturated rings. The van der Waals surface area contributed by atoms with Crippen LogP contribution in [0.5, 0.6) is 0 Å². The van der Waals surface area contributed by atoms with Gasteiger partial charge in [0.1, 0.15) is 5.69 Å². The Hall–Kier alpha value is -2.66. The molecular formula is C20H18BrN3O. The van der Waals surface area contributed by atoms with E-state index in [0.29, 0.717) is 5.69 Å². The summed E-state index contributed by atoms with van der Waals surface area (Å²) in [5.41, 5.74) is 4.46. The van der Waals surface area contributed by atoms with E-state index in [1.165, 1.54) is 11.1 Å². The SMILES string of the molecule is Cc1ccccc1CNc1ccc(C(=O)Nc2cccc(Br)c2)nc1. The third-order valence-corrected chi connectivity index (χ3v) is 4.32. The maximum Gasteiger partial charge on any atom is 0.274 e. The summed E-state index contributed by atoms with van der Waals surface area (Å²) in [6, 6.07) is 19.3. The molecule has 1 aromatic heterocycles. The zero-order chi connectivity index (χ0) is 17.6. The van der Waals surface area contributed by atoms with Crippen LogP contribution in [0.4, 0.5) is 11.4 Å². The molecule has 4 nitrogen and oxygen atoms in total. The number of benzene rings is 2. The molecule has 3 aromatic rings. The van der Waals surface area contributed by atoms with Crippen molar-refractivity contribution < 1.29 is 4.79 Å². The van der Waals surface area contributed by atoms with Gasteiger partial charge >= 0.3 is 0 Å². The van der Waals surface area contributed by atoms with Crippen LogP contribution in [0.1, 0.15) is 21.6 Å². The number of halogens is 1. The summed E-state index contributed by atoms with van der Waals surface area (Å²) < 4.78 is 0.911. The molecule has 3 rings (SSSR count). The first-order chi connectivity index (χ1) is 12.1. The van der Waals surface area contributed by atoms with Gasteiger partial charge in [-0.05, 0) is 48.4 Å².